The molecule has 2 aliphatic rings. The zero-order chi connectivity index (χ0) is 22.1. The van der Waals surface area contributed by atoms with Crippen LogP contribution >= 0.6 is 15.9 Å². The molecule has 1 saturated heterocycles. The monoisotopic (exact) mass is 498 g/mol. The van der Waals surface area contributed by atoms with Gasteiger partial charge in [0.15, 0.2) is 0 Å². The van der Waals surface area contributed by atoms with Crippen molar-refractivity contribution in [2.24, 2.45) is 0 Å². The summed E-state index contributed by atoms with van der Waals surface area (Å²) in [5.74, 6) is 1.43. The van der Waals surface area contributed by atoms with Crippen LogP contribution in [0, 0.1) is 6.92 Å². The van der Waals surface area contributed by atoms with Crippen molar-refractivity contribution in [2.45, 2.75) is 19.9 Å². The first-order valence-electron chi connectivity index (χ1n) is 11.1. The summed E-state index contributed by atoms with van der Waals surface area (Å²) in [6, 6.07) is 11.5. The molecule has 1 aromatic heterocycles. The Bertz CT molecular complexity index is 1170. The number of fused-ring (bicyclic) bond motifs is 3. The lowest BCUT2D eigenvalue weighted by Crippen LogP contribution is -2.39. The highest BCUT2D eigenvalue weighted by atomic mass is 79.9. The molecule has 32 heavy (non-hydrogen) atoms. The molecule has 0 radical (unpaired) electrons. The first kappa shape index (κ1) is 21.6. The van der Waals surface area contributed by atoms with E-state index in [2.05, 4.69) is 25.7 Å². The second kappa shape index (κ2) is 9.35. The van der Waals surface area contributed by atoms with Crippen LogP contribution in [0.15, 0.2) is 50.1 Å². The van der Waals surface area contributed by atoms with E-state index < -0.39 is 0 Å². The Hall–Kier alpha value is -2.19. The summed E-state index contributed by atoms with van der Waals surface area (Å²) in [5.41, 5.74) is 3.08. The number of hydrogen-bond acceptors (Lipinski definition) is 6. The number of rotatable bonds is 5. The van der Waals surface area contributed by atoms with Crippen LogP contribution in [0.4, 0.5) is 0 Å². The second-order valence-corrected chi connectivity index (χ2v) is 9.34. The van der Waals surface area contributed by atoms with Crippen molar-refractivity contribution in [1.29, 1.82) is 0 Å². The summed E-state index contributed by atoms with van der Waals surface area (Å²) in [6.45, 7) is 8.81. The average molecular weight is 499 g/mol. The highest BCUT2D eigenvalue weighted by Gasteiger charge is 2.24. The van der Waals surface area contributed by atoms with E-state index in [4.69, 9.17) is 13.9 Å². The van der Waals surface area contributed by atoms with Gasteiger partial charge < -0.3 is 13.9 Å². The van der Waals surface area contributed by atoms with E-state index in [-0.39, 0.29) is 5.43 Å². The maximum atomic E-state index is 13.4. The molecule has 0 atom stereocenters. The molecule has 3 aromatic rings. The van der Waals surface area contributed by atoms with E-state index in [9.17, 15) is 4.79 Å². The number of hydrogen-bond donors (Lipinski definition) is 0. The Morgan fingerprint density at radius 1 is 1.00 bits per heavy atom. The fraction of sp³-hybridized carbons (Fsp3) is 0.400. The largest absolute Gasteiger partial charge is 0.478 e. The summed E-state index contributed by atoms with van der Waals surface area (Å²) in [6.07, 6.45) is 1.07. The Balaban J connectivity index is 1.40. The minimum absolute atomic E-state index is 0.00156. The van der Waals surface area contributed by atoms with Crippen molar-refractivity contribution in [3.63, 3.8) is 0 Å². The minimum atomic E-state index is -0.00156. The molecule has 0 saturated carbocycles. The Kier molecular flexibility index (Phi) is 6.33. The molecule has 0 N–H and O–H groups in total. The van der Waals surface area contributed by atoms with Gasteiger partial charge >= 0.3 is 0 Å². The molecule has 0 bridgehead atoms. The van der Waals surface area contributed by atoms with Gasteiger partial charge in [-0.1, -0.05) is 28.1 Å². The molecule has 168 valence electrons. The quantitative estimate of drug-likeness (QED) is 0.519. The van der Waals surface area contributed by atoms with Crippen LogP contribution in [0.25, 0.3) is 22.1 Å². The average Bonchev–Trinajstić information content (AvgIpc) is 2.81. The van der Waals surface area contributed by atoms with E-state index in [0.717, 1.165) is 73.7 Å². The summed E-state index contributed by atoms with van der Waals surface area (Å²) in [4.78, 5) is 18.1. The molecule has 2 aromatic carbocycles. The maximum absolute atomic E-state index is 13.4. The molecule has 3 heterocycles. The van der Waals surface area contributed by atoms with Gasteiger partial charge in [-0.2, -0.15) is 0 Å². The van der Waals surface area contributed by atoms with Crippen molar-refractivity contribution < 1.29 is 13.9 Å². The number of nitrogens with zero attached hydrogens (tertiary/aromatic N) is 2. The van der Waals surface area contributed by atoms with Crippen LogP contribution < -0.4 is 10.2 Å². The number of halogens is 1. The zero-order valence-electron chi connectivity index (χ0n) is 18.2. The molecule has 0 spiro atoms. The van der Waals surface area contributed by atoms with Crippen LogP contribution in [-0.2, 0) is 11.3 Å². The van der Waals surface area contributed by atoms with E-state index in [0.29, 0.717) is 29.0 Å². The Labute approximate surface area is 195 Å². The van der Waals surface area contributed by atoms with Crippen molar-refractivity contribution in [3.8, 4) is 16.9 Å². The lowest BCUT2D eigenvalue weighted by molar-refractivity contribution is 0.0330. The lowest BCUT2D eigenvalue weighted by Gasteiger charge is -2.31. The SMILES string of the molecule is Cc1oc2c3c(ccc2c(=O)c1-c1ccc(Br)cc1)OCN(CCCN1CCOCC1)C3. The summed E-state index contributed by atoms with van der Waals surface area (Å²) in [5, 5.41) is 0.603. The molecule has 1 fully saturated rings. The van der Waals surface area contributed by atoms with Crippen LogP contribution in [0.5, 0.6) is 5.75 Å². The second-order valence-electron chi connectivity index (χ2n) is 8.42. The van der Waals surface area contributed by atoms with Crippen molar-refractivity contribution >= 4 is 26.9 Å². The Morgan fingerprint density at radius 3 is 2.53 bits per heavy atom. The molecule has 6 nitrogen and oxygen atoms in total. The van der Waals surface area contributed by atoms with Gasteiger partial charge in [-0.25, -0.2) is 0 Å². The Morgan fingerprint density at radius 2 is 1.75 bits per heavy atom. The van der Waals surface area contributed by atoms with Gasteiger partial charge in [-0.15, -0.1) is 0 Å². The zero-order valence-corrected chi connectivity index (χ0v) is 19.8. The van der Waals surface area contributed by atoms with E-state index in [1.165, 1.54) is 0 Å². The summed E-state index contributed by atoms with van der Waals surface area (Å²) in [7, 11) is 0. The van der Waals surface area contributed by atoms with Crippen LogP contribution in [0.3, 0.4) is 0 Å². The highest BCUT2D eigenvalue weighted by Crippen LogP contribution is 2.34. The molecule has 7 heteroatoms. The minimum Gasteiger partial charge on any atom is -0.478 e. The molecular weight excluding hydrogens is 472 g/mol. The molecular formula is C25H27BrN2O4. The van der Waals surface area contributed by atoms with Crippen LogP contribution in [-0.4, -0.2) is 55.9 Å². The number of aryl methyl sites for hydroxylation is 1. The fourth-order valence-corrected chi connectivity index (χ4v) is 4.82. The topological polar surface area (TPSA) is 55.2 Å². The van der Waals surface area contributed by atoms with Gasteiger partial charge in [-0.05, 0) is 49.7 Å². The van der Waals surface area contributed by atoms with Gasteiger partial charge in [-0.3, -0.25) is 14.6 Å². The maximum Gasteiger partial charge on any atom is 0.200 e. The van der Waals surface area contributed by atoms with E-state index in [1.807, 2.05) is 43.3 Å². The number of ether oxygens (including phenoxy) is 2. The third-order valence-electron chi connectivity index (χ3n) is 6.27. The molecule has 0 aliphatic carbocycles. The third kappa shape index (κ3) is 4.35. The standard InChI is InChI=1S/C25H27BrN2O4/c1-17-23(18-3-5-19(26)6-4-18)24(29)20-7-8-22-21(25(20)32-17)15-28(16-31-22)10-2-9-27-11-13-30-14-12-27/h3-8H,2,9-16H2,1H3. The van der Waals surface area contributed by atoms with Gasteiger partial charge in [0.05, 0.1) is 29.7 Å². The van der Waals surface area contributed by atoms with E-state index >= 15 is 0 Å². The number of morpholine rings is 1. The van der Waals surface area contributed by atoms with Crippen molar-refractivity contribution in [3.05, 3.63) is 62.4 Å². The lowest BCUT2D eigenvalue weighted by atomic mass is 10.0. The first-order chi connectivity index (χ1) is 15.6. The van der Waals surface area contributed by atoms with Crippen molar-refractivity contribution in [1.82, 2.24) is 9.80 Å². The number of benzene rings is 2. The molecule has 0 amide bonds. The summed E-state index contributed by atoms with van der Waals surface area (Å²) >= 11 is 3.45. The van der Waals surface area contributed by atoms with Gasteiger partial charge in [0, 0.05) is 30.7 Å². The predicted octanol–water partition coefficient (Wildman–Crippen LogP) is 4.41. The van der Waals surface area contributed by atoms with Gasteiger partial charge in [0.1, 0.15) is 23.8 Å². The van der Waals surface area contributed by atoms with Gasteiger partial charge in [0.25, 0.3) is 0 Å². The molecule has 2 aliphatic heterocycles. The highest BCUT2D eigenvalue weighted by molar-refractivity contribution is 9.10. The normalized spacial score (nSPS) is 17.3. The first-order valence-corrected chi connectivity index (χ1v) is 11.9. The van der Waals surface area contributed by atoms with Crippen LogP contribution in [0.2, 0.25) is 0 Å². The van der Waals surface area contributed by atoms with Crippen LogP contribution in [0.1, 0.15) is 17.7 Å². The molecule has 0 unspecified atom stereocenters. The smallest absolute Gasteiger partial charge is 0.200 e. The van der Waals surface area contributed by atoms with E-state index in [1.54, 1.807) is 0 Å². The third-order valence-corrected chi connectivity index (χ3v) is 6.79. The van der Waals surface area contributed by atoms with Crippen molar-refractivity contribution in [2.75, 3.05) is 46.1 Å². The molecule has 5 rings (SSSR count). The van der Waals surface area contributed by atoms with Gasteiger partial charge in [0.2, 0.25) is 5.43 Å². The predicted molar refractivity (Wildman–Crippen MR) is 128 cm³/mol. The fourth-order valence-electron chi connectivity index (χ4n) is 4.56. The summed E-state index contributed by atoms with van der Waals surface area (Å²) < 4.78 is 18.7.